The molecule has 0 aliphatic carbocycles. The molecule has 5 aromatic rings. The molecule has 0 saturated carbocycles. The summed E-state index contributed by atoms with van der Waals surface area (Å²) < 4.78 is 29.9. The van der Waals surface area contributed by atoms with E-state index in [4.69, 9.17) is 6.42 Å². The lowest BCUT2D eigenvalue weighted by molar-refractivity contribution is 0.0911. The van der Waals surface area contributed by atoms with Crippen LogP contribution in [0.1, 0.15) is 33.0 Å². The normalized spacial score (nSPS) is 11.8. The van der Waals surface area contributed by atoms with E-state index < -0.39 is 17.6 Å². The number of halogens is 2. The van der Waals surface area contributed by atoms with E-state index in [1.807, 2.05) is 59.2 Å². The van der Waals surface area contributed by atoms with E-state index in [-0.39, 0.29) is 29.9 Å². The van der Waals surface area contributed by atoms with Crippen molar-refractivity contribution in [2.24, 2.45) is 5.92 Å². The van der Waals surface area contributed by atoms with Crippen LogP contribution in [-0.4, -0.2) is 25.5 Å². The van der Waals surface area contributed by atoms with Gasteiger partial charge in [-0.2, -0.15) is 0 Å². The average Bonchev–Trinajstić information content (AvgIpc) is 3.35. The zero-order chi connectivity index (χ0) is 25.8. The van der Waals surface area contributed by atoms with E-state index in [0.717, 1.165) is 22.6 Å². The number of para-hydroxylation sites is 1. The third-order valence-corrected chi connectivity index (χ3v) is 6.30. The molecular formula is C30H22F2N4O. The fourth-order valence-electron chi connectivity index (χ4n) is 4.32. The standard InChI is InChI=1S/C30H22F2N4O/c1-2-20-7-9-21(10-8-20)18-36-19-33-35-29(36)16-24(15-23-11-13-25(31)17-26(23)32)30(37)28-14-12-22-5-3-4-6-27(22)34-28/h1,3-14,17,19,24H,15-16,18H2. The van der Waals surface area contributed by atoms with Crippen LogP contribution < -0.4 is 0 Å². The van der Waals surface area contributed by atoms with Crippen molar-refractivity contribution < 1.29 is 13.6 Å². The highest BCUT2D eigenvalue weighted by Gasteiger charge is 2.26. The molecule has 37 heavy (non-hydrogen) atoms. The zero-order valence-corrected chi connectivity index (χ0v) is 19.8. The quantitative estimate of drug-likeness (QED) is 0.214. The fraction of sp³-hybridized carbons (Fsp3) is 0.133. The lowest BCUT2D eigenvalue weighted by Crippen LogP contribution is -2.23. The van der Waals surface area contributed by atoms with E-state index in [2.05, 4.69) is 21.1 Å². The Hall–Kier alpha value is -4.70. The summed E-state index contributed by atoms with van der Waals surface area (Å²) in [5.74, 6) is 0.856. The van der Waals surface area contributed by atoms with E-state index in [1.54, 1.807) is 12.4 Å². The van der Waals surface area contributed by atoms with Crippen molar-refractivity contribution in [3.05, 3.63) is 125 Å². The smallest absolute Gasteiger partial charge is 0.185 e. The van der Waals surface area contributed by atoms with Crippen LogP contribution in [0.4, 0.5) is 8.78 Å². The first-order valence-corrected chi connectivity index (χ1v) is 11.8. The first kappa shape index (κ1) is 24.0. The van der Waals surface area contributed by atoms with Gasteiger partial charge >= 0.3 is 0 Å². The topological polar surface area (TPSA) is 60.7 Å². The lowest BCUT2D eigenvalue weighted by atomic mass is 9.89. The molecule has 1 atom stereocenters. The number of aromatic nitrogens is 4. The van der Waals surface area contributed by atoms with E-state index in [9.17, 15) is 13.6 Å². The third kappa shape index (κ3) is 5.44. The molecule has 0 N–H and O–H groups in total. The van der Waals surface area contributed by atoms with Gasteiger partial charge in [0.1, 0.15) is 29.5 Å². The van der Waals surface area contributed by atoms with E-state index >= 15 is 0 Å². The van der Waals surface area contributed by atoms with Crippen molar-refractivity contribution in [2.75, 3.05) is 0 Å². The molecule has 5 rings (SSSR count). The van der Waals surface area contributed by atoms with Gasteiger partial charge < -0.3 is 4.57 Å². The Bertz CT molecular complexity index is 1620. The van der Waals surface area contributed by atoms with Gasteiger partial charge in [-0.15, -0.1) is 16.6 Å². The second-order valence-electron chi connectivity index (χ2n) is 8.81. The molecule has 3 aromatic carbocycles. The number of ketones is 1. The molecule has 0 radical (unpaired) electrons. The van der Waals surface area contributed by atoms with E-state index in [0.29, 0.717) is 17.9 Å². The van der Waals surface area contributed by atoms with Gasteiger partial charge in [-0.05, 0) is 47.9 Å². The van der Waals surface area contributed by atoms with Crippen LogP contribution in [0.25, 0.3) is 10.9 Å². The van der Waals surface area contributed by atoms with E-state index in [1.165, 1.54) is 12.1 Å². The van der Waals surface area contributed by atoms with Crippen LogP contribution in [-0.2, 0) is 19.4 Å². The molecule has 182 valence electrons. The molecule has 7 heteroatoms. The largest absolute Gasteiger partial charge is 0.313 e. The maximum Gasteiger partial charge on any atom is 0.185 e. The Kier molecular flexibility index (Phi) is 6.82. The zero-order valence-electron chi connectivity index (χ0n) is 19.8. The SMILES string of the molecule is C#Cc1ccc(Cn2cnnc2CC(Cc2ccc(F)cc2F)C(=O)c2ccc3ccccc3n2)cc1. The van der Waals surface area contributed by atoms with Gasteiger partial charge in [0, 0.05) is 29.4 Å². The van der Waals surface area contributed by atoms with Crippen LogP contribution >= 0.6 is 0 Å². The molecule has 2 heterocycles. The number of nitrogens with zero attached hydrogens (tertiary/aromatic N) is 4. The Morgan fingerprint density at radius 3 is 2.57 bits per heavy atom. The Labute approximate surface area is 212 Å². The Balaban J connectivity index is 1.46. The van der Waals surface area contributed by atoms with Crippen molar-refractivity contribution >= 4 is 16.7 Å². The van der Waals surface area contributed by atoms with Gasteiger partial charge in [0.25, 0.3) is 0 Å². The summed E-state index contributed by atoms with van der Waals surface area (Å²) in [4.78, 5) is 18.2. The monoisotopic (exact) mass is 492 g/mol. The first-order chi connectivity index (χ1) is 18.0. The van der Waals surface area contributed by atoms with Gasteiger partial charge in [-0.3, -0.25) is 4.79 Å². The maximum absolute atomic E-state index is 14.6. The number of Topliss-reactive ketones (excluding diaryl/α,β-unsaturated/α-hetero) is 1. The van der Waals surface area contributed by atoms with Gasteiger partial charge in [0.2, 0.25) is 0 Å². The molecular weight excluding hydrogens is 470 g/mol. The van der Waals surface area contributed by atoms with Crippen LogP contribution in [0.3, 0.4) is 0 Å². The molecule has 2 aromatic heterocycles. The predicted molar refractivity (Wildman–Crippen MR) is 137 cm³/mol. The summed E-state index contributed by atoms with van der Waals surface area (Å²) in [7, 11) is 0. The number of hydrogen-bond acceptors (Lipinski definition) is 4. The van der Waals surface area contributed by atoms with Crippen molar-refractivity contribution in [1.29, 1.82) is 0 Å². The Morgan fingerprint density at radius 1 is 0.973 bits per heavy atom. The second kappa shape index (κ2) is 10.5. The summed E-state index contributed by atoms with van der Waals surface area (Å²) in [6, 6.07) is 22.0. The summed E-state index contributed by atoms with van der Waals surface area (Å²) in [5.41, 5.74) is 2.99. The highest BCUT2D eigenvalue weighted by Crippen LogP contribution is 2.23. The molecule has 1 unspecified atom stereocenters. The van der Waals surface area contributed by atoms with Crippen LogP contribution in [0.15, 0.2) is 85.2 Å². The summed E-state index contributed by atoms with van der Waals surface area (Å²) in [5, 5.41) is 9.20. The first-order valence-electron chi connectivity index (χ1n) is 11.8. The molecule has 0 aliphatic rings. The Morgan fingerprint density at radius 2 is 1.78 bits per heavy atom. The van der Waals surface area contributed by atoms with Gasteiger partial charge in [-0.1, -0.05) is 48.4 Å². The maximum atomic E-state index is 14.6. The molecule has 0 amide bonds. The van der Waals surface area contributed by atoms with Crippen LogP contribution in [0.5, 0.6) is 0 Å². The number of carbonyl (C=O) groups excluding carboxylic acids is 1. The van der Waals surface area contributed by atoms with Crippen molar-refractivity contribution in [3.63, 3.8) is 0 Å². The molecule has 0 aliphatic heterocycles. The van der Waals surface area contributed by atoms with Crippen molar-refractivity contribution in [2.45, 2.75) is 19.4 Å². The van der Waals surface area contributed by atoms with Crippen molar-refractivity contribution in [3.8, 4) is 12.3 Å². The lowest BCUT2D eigenvalue weighted by Gasteiger charge is -2.17. The minimum Gasteiger partial charge on any atom is -0.313 e. The summed E-state index contributed by atoms with van der Waals surface area (Å²) >= 11 is 0. The molecule has 5 nitrogen and oxygen atoms in total. The number of pyridine rings is 1. The van der Waals surface area contributed by atoms with Gasteiger partial charge in [0.05, 0.1) is 12.1 Å². The predicted octanol–water partition coefficient (Wildman–Crippen LogP) is 5.42. The minimum absolute atomic E-state index is 0.0587. The number of terminal acetylenes is 1. The van der Waals surface area contributed by atoms with Crippen molar-refractivity contribution in [1.82, 2.24) is 19.7 Å². The molecule has 0 bridgehead atoms. The molecule has 0 fully saturated rings. The van der Waals surface area contributed by atoms with Gasteiger partial charge in [-0.25, -0.2) is 13.8 Å². The fourth-order valence-corrected chi connectivity index (χ4v) is 4.32. The number of rotatable bonds is 8. The number of fused-ring (bicyclic) bond motifs is 1. The molecule has 0 saturated heterocycles. The second-order valence-corrected chi connectivity index (χ2v) is 8.81. The average molecular weight is 493 g/mol. The van der Waals surface area contributed by atoms with Crippen LogP contribution in [0, 0.1) is 29.9 Å². The number of carbonyl (C=O) groups is 1. The summed E-state index contributed by atoms with van der Waals surface area (Å²) in [6.07, 6.45) is 7.30. The summed E-state index contributed by atoms with van der Waals surface area (Å²) in [6.45, 7) is 0.479. The minimum atomic E-state index is -0.695. The number of hydrogen-bond donors (Lipinski definition) is 0. The van der Waals surface area contributed by atoms with Gasteiger partial charge in [0.15, 0.2) is 5.78 Å². The molecule has 0 spiro atoms. The third-order valence-electron chi connectivity index (χ3n) is 6.30. The number of benzene rings is 3. The highest BCUT2D eigenvalue weighted by atomic mass is 19.1. The van der Waals surface area contributed by atoms with Crippen LogP contribution in [0.2, 0.25) is 0 Å². The highest BCUT2D eigenvalue weighted by molar-refractivity contribution is 5.98.